The van der Waals surface area contributed by atoms with Crippen LogP contribution in [-0.4, -0.2) is 49.4 Å². The molecule has 0 unspecified atom stereocenters. The lowest BCUT2D eigenvalue weighted by molar-refractivity contribution is -0.131. The molecule has 2 aliphatic rings. The minimum Gasteiger partial charge on any atom is -0.368 e. The molecule has 5 nitrogen and oxygen atoms in total. The molecule has 1 aromatic rings. The average Bonchev–Trinajstić information content (AvgIpc) is 2.69. The summed E-state index contributed by atoms with van der Waals surface area (Å²) < 4.78 is 0. The van der Waals surface area contributed by atoms with Crippen molar-refractivity contribution in [1.82, 2.24) is 10.2 Å². The fraction of sp³-hybridized carbons (Fsp3) is 0.500. The number of para-hydroxylation sites is 1. The Bertz CT molecular complexity index is 619. The second kappa shape index (κ2) is 8.70. The Morgan fingerprint density at radius 3 is 2.44 bits per heavy atom. The molecule has 0 spiro atoms. The van der Waals surface area contributed by atoms with E-state index in [0.29, 0.717) is 13.0 Å². The van der Waals surface area contributed by atoms with Gasteiger partial charge in [0, 0.05) is 50.4 Å². The summed E-state index contributed by atoms with van der Waals surface area (Å²) in [7, 11) is 0. The molecule has 0 radical (unpaired) electrons. The molecule has 1 N–H and O–H groups in total. The van der Waals surface area contributed by atoms with E-state index in [1.807, 2.05) is 29.2 Å². The second-order valence-electron chi connectivity index (χ2n) is 6.68. The van der Waals surface area contributed by atoms with Gasteiger partial charge in [-0.25, -0.2) is 0 Å². The van der Waals surface area contributed by atoms with E-state index < -0.39 is 0 Å². The van der Waals surface area contributed by atoms with Gasteiger partial charge in [0.1, 0.15) is 0 Å². The van der Waals surface area contributed by atoms with E-state index >= 15 is 0 Å². The zero-order chi connectivity index (χ0) is 17.5. The summed E-state index contributed by atoms with van der Waals surface area (Å²) in [5.74, 6) is 0.132. The molecule has 3 rings (SSSR count). The number of allylic oxidation sites excluding steroid dienone is 1. The Labute approximate surface area is 149 Å². The van der Waals surface area contributed by atoms with E-state index in [-0.39, 0.29) is 11.8 Å². The number of benzene rings is 1. The number of nitrogens with zero attached hydrogens (tertiary/aromatic N) is 2. The van der Waals surface area contributed by atoms with Gasteiger partial charge in [-0.05, 0) is 37.8 Å². The van der Waals surface area contributed by atoms with Gasteiger partial charge >= 0.3 is 0 Å². The minimum absolute atomic E-state index is 0.00129. The first-order chi connectivity index (χ1) is 12.2. The molecule has 2 amide bonds. The van der Waals surface area contributed by atoms with Crippen molar-refractivity contribution < 1.29 is 9.59 Å². The zero-order valence-corrected chi connectivity index (χ0v) is 14.7. The maximum absolute atomic E-state index is 12.3. The van der Waals surface area contributed by atoms with Crippen molar-refractivity contribution in [3.8, 4) is 0 Å². The summed E-state index contributed by atoms with van der Waals surface area (Å²) in [6, 6.07) is 10.3. The largest absolute Gasteiger partial charge is 0.368 e. The number of carbonyl (C=O) groups is 2. The van der Waals surface area contributed by atoms with Gasteiger partial charge in [-0.1, -0.05) is 24.3 Å². The van der Waals surface area contributed by atoms with Gasteiger partial charge < -0.3 is 15.1 Å². The van der Waals surface area contributed by atoms with Crippen LogP contribution in [0.15, 0.2) is 42.0 Å². The molecular formula is C20H27N3O2. The zero-order valence-electron chi connectivity index (χ0n) is 14.7. The fourth-order valence-corrected chi connectivity index (χ4v) is 3.45. The molecule has 1 aliphatic carbocycles. The molecule has 25 heavy (non-hydrogen) atoms. The molecule has 1 heterocycles. The van der Waals surface area contributed by atoms with E-state index in [9.17, 15) is 9.59 Å². The van der Waals surface area contributed by atoms with Gasteiger partial charge in [0.15, 0.2) is 0 Å². The number of hydrogen-bond donors (Lipinski definition) is 1. The Morgan fingerprint density at radius 1 is 1.00 bits per heavy atom. The first kappa shape index (κ1) is 17.5. The summed E-state index contributed by atoms with van der Waals surface area (Å²) in [4.78, 5) is 28.6. The molecule has 1 fully saturated rings. The van der Waals surface area contributed by atoms with Gasteiger partial charge in [-0.3, -0.25) is 9.59 Å². The van der Waals surface area contributed by atoms with E-state index in [4.69, 9.17) is 0 Å². The predicted molar refractivity (Wildman–Crippen MR) is 99.4 cm³/mol. The molecule has 1 aliphatic heterocycles. The molecule has 5 heteroatoms. The summed E-state index contributed by atoms with van der Waals surface area (Å²) >= 11 is 0. The Morgan fingerprint density at radius 2 is 1.76 bits per heavy atom. The van der Waals surface area contributed by atoms with E-state index in [2.05, 4.69) is 22.3 Å². The molecule has 0 saturated carbocycles. The molecule has 1 saturated heterocycles. The first-order valence-corrected chi connectivity index (χ1v) is 9.29. The molecule has 0 bridgehead atoms. The van der Waals surface area contributed by atoms with E-state index in [0.717, 1.165) is 51.0 Å². The smallest absolute Gasteiger partial charge is 0.246 e. The minimum atomic E-state index is 0.00129. The normalized spacial score (nSPS) is 17.8. The lowest BCUT2D eigenvalue weighted by atomic mass is 9.99. The third-order valence-corrected chi connectivity index (χ3v) is 4.96. The monoisotopic (exact) mass is 341 g/mol. The van der Waals surface area contributed by atoms with Crippen LogP contribution in [0.2, 0.25) is 0 Å². The lowest BCUT2D eigenvalue weighted by Gasteiger charge is -2.36. The Kier molecular flexibility index (Phi) is 6.09. The highest BCUT2D eigenvalue weighted by atomic mass is 16.2. The van der Waals surface area contributed by atoms with Crippen LogP contribution in [0.1, 0.15) is 32.1 Å². The van der Waals surface area contributed by atoms with Crippen LogP contribution in [0.25, 0.3) is 0 Å². The topological polar surface area (TPSA) is 52.7 Å². The number of nitrogens with one attached hydrogen (secondary N) is 1. The molecular weight excluding hydrogens is 314 g/mol. The van der Waals surface area contributed by atoms with Crippen LogP contribution in [0, 0.1) is 0 Å². The number of anilines is 1. The van der Waals surface area contributed by atoms with Crippen LogP contribution in [0.3, 0.4) is 0 Å². The van der Waals surface area contributed by atoms with Gasteiger partial charge in [0.05, 0.1) is 0 Å². The highest BCUT2D eigenvalue weighted by molar-refractivity contribution is 5.93. The third kappa shape index (κ3) is 4.84. The number of carbonyl (C=O) groups excluding carboxylic acids is 2. The predicted octanol–water partition coefficient (Wildman–Crippen LogP) is 2.34. The van der Waals surface area contributed by atoms with Crippen molar-refractivity contribution in [2.75, 3.05) is 37.6 Å². The van der Waals surface area contributed by atoms with Gasteiger partial charge in [0.2, 0.25) is 11.8 Å². The Hall–Kier alpha value is -2.30. The van der Waals surface area contributed by atoms with Crippen molar-refractivity contribution >= 4 is 17.5 Å². The van der Waals surface area contributed by atoms with Crippen LogP contribution in [-0.2, 0) is 9.59 Å². The van der Waals surface area contributed by atoms with Crippen molar-refractivity contribution in [3.05, 3.63) is 42.0 Å². The summed E-state index contributed by atoms with van der Waals surface area (Å²) in [5, 5.41) is 2.89. The molecule has 0 atom stereocenters. The van der Waals surface area contributed by atoms with Gasteiger partial charge in [-0.15, -0.1) is 0 Å². The van der Waals surface area contributed by atoms with Crippen LogP contribution < -0.4 is 10.2 Å². The maximum atomic E-state index is 12.3. The molecule has 0 aromatic heterocycles. The van der Waals surface area contributed by atoms with Crippen molar-refractivity contribution in [2.45, 2.75) is 32.1 Å². The van der Waals surface area contributed by atoms with E-state index in [1.165, 1.54) is 12.1 Å². The fourth-order valence-electron chi connectivity index (χ4n) is 3.45. The molecule has 134 valence electrons. The van der Waals surface area contributed by atoms with E-state index in [1.54, 1.807) is 0 Å². The highest BCUT2D eigenvalue weighted by Crippen LogP contribution is 2.17. The average molecular weight is 341 g/mol. The molecule has 1 aromatic carbocycles. The summed E-state index contributed by atoms with van der Waals surface area (Å²) in [6.07, 6.45) is 6.52. The standard InChI is InChI=1S/C20H27N3O2/c24-19(11-12-21-20(25)17-7-3-1-4-8-17)23-15-13-22(14-16-23)18-9-5-2-6-10-18/h2,5-7,9-10H,1,3-4,8,11-16H2,(H,21,25). The van der Waals surface area contributed by atoms with Crippen LogP contribution in [0.4, 0.5) is 5.69 Å². The highest BCUT2D eigenvalue weighted by Gasteiger charge is 2.21. The maximum Gasteiger partial charge on any atom is 0.246 e. The van der Waals surface area contributed by atoms with Crippen molar-refractivity contribution in [1.29, 1.82) is 0 Å². The first-order valence-electron chi connectivity index (χ1n) is 9.29. The quantitative estimate of drug-likeness (QED) is 0.894. The van der Waals surface area contributed by atoms with Gasteiger partial charge in [0.25, 0.3) is 0 Å². The number of amides is 2. The second-order valence-corrected chi connectivity index (χ2v) is 6.68. The van der Waals surface area contributed by atoms with Crippen molar-refractivity contribution in [3.63, 3.8) is 0 Å². The number of hydrogen-bond acceptors (Lipinski definition) is 3. The number of piperazine rings is 1. The lowest BCUT2D eigenvalue weighted by Crippen LogP contribution is -2.49. The summed E-state index contributed by atoms with van der Waals surface area (Å²) in [5.41, 5.74) is 2.10. The van der Waals surface area contributed by atoms with Gasteiger partial charge in [-0.2, -0.15) is 0 Å². The van der Waals surface area contributed by atoms with Crippen molar-refractivity contribution in [2.24, 2.45) is 0 Å². The SMILES string of the molecule is O=C(NCCC(=O)N1CCN(c2ccccc2)CC1)C1=CCCCC1. The summed E-state index contributed by atoms with van der Waals surface area (Å²) in [6.45, 7) is 3.62. The number of rotatable bonds is 5. The Balaban J connectivity index is 1.38. The van der Waals surface area contributed by atoms with Crippen LogP contribution in [0.5, 0.6) is 0 Å². The van der Waals surface area contributed by atoms with Crippen LogP contribution >= 0.6 is 0 Å². The third-order valence-electron chi connectivity index (χ3n) is 4.96.